The van der Waals surface area contributed by atoms with Crippen molar-refractivity contribution >= 4 is 29.1 Å². The number of benzene rings is 3. The molecule has 0 aliphatic carbocycles. The number of ether oxygens (including phenoxy) is 1. The van der Waals surface area contributed by atoms with Gasteiger partial charge in [-0.15, -0.1) is 0 Å². The summed E-state index contributed by atoms with van der Waals surface area (Å²) >= 11 is 6.13. The Morgan fingerprint density at radius 1 is 1.06 bits per heavy atom. The minimum absolute atomic E-state index is 0.159. The Morgan fingerprint density at radius 3 is 2.43 bits per heavy atom. The minimum Gasteiger partial charge on any atom is -0.497 e. The Bertz CT molecular complexity index is 1390. The molecule has 2 heterocycles. The molecule has 0 saturated carbocycles. The minimum atomic E-state index is -0.522. The standard InChI is InChI=1S/C25H20ClN5O4/c1-35-21-11-7-17(8-12-21)23-14-22(16-5-9-19(26)10-6-16)29(25-27-15-28-30(23)25)24(32)18-3-2-4-20(13-18)31(33)34/h2-13,15,22-23H,14H2,1H3/t22-,23-/m0/s1. The van der Waals surface area contributed by atoms with Crippen molar-refractivity contribution in [1.82, 2.24) is 14.8 Å². The monoisotopic (exact) mass is 489 g/mol. The Hall–Kier alpha value is -4.24. The number of methoxy groups -OCH3 is 1. The highest BCUT2D eigenvalue weighted by Crippen LogP contribution is 2.43. The van der Waals surface area contributed by atoms with E-state index in [1.807, 2.05) is 36.4 Å². The summed E-state index contributed by atoms with van der Waals surface area (Å²) in [6, 6.07) is 20.0. The van der Waals surface area contributed by atoms with Gasteiger partial charge in [-0.1, -0.05) is 41.9 Å². The van der Waals surface area contributed by atoms with Crippen LogP contribution in [-0.4, -0.2) is 32.7 Å². The van der Waals surface area contributed by atoms with Gasteiger partial charge in [0, 0.05) is 22.7 Å². The first-order valence-electron chi connectivity index (χ1n) is 10.8. The van der Waals surface area contributed by atoms with Gasteiger partial charge in [0.05, 0.1) is 24.1 Å². The number of anilines is 1. The van der Waals surface area contributed by atoms with Crippen LogP contribution in [0.15, 0.2) is 79.1 Å². The number of rotatable bonds is 5. The summed E-state index contributed by atoms with van der Waals surface area (Å²) in [5.74, 6) is 0.685. The number of fused-ring (bicyclic) bond motifs is 1. The lowest BCUT2D eigenvalue weighted by molar-refractivity contribution is -0.384. The molecule has 1 amide bonds. The maximum atomic E-state index is 13.8. The molecule has 0 N–H and O–H groups in total. The van der Waals surface area contributed by atoms with Crippen LogP contribution >= 0.6 is 11.6 Å². The first-order valence-corrected chi connectivity index (χ1v) is 11.2. The third-order valence-electron chi connectivity index (χ3n) is 6.10. The molecule has 1 aliphatic heterocycles. The molecule has 0 spiro atoms. The Morgan fingerprint density at radius 2 is 1.74 bits per heavy atom. The van der Waals surface area contributed by atoms with Gasteiger partial charge < -0.3 is 4.74 Å². The first kappa shape index (κ1) is 22.5. The quantitative estimate of drug-likeness (QED) is 0.281. The SMILES string of the molecule is COc1ccc([C@@H]2C[C@@H](c3ccc(Cl)cc3)N(C(=O)c3cccc([N+](=O)[O-])c3)c3ncnn32)cc1. The molecule has 10 heteroatoms. The zero-order chi connectivity index (χ0) is 24.5. The number of non-ortho nitro benzene ring substituents is 1. The number of aromatic nitrogens is 3. The Kier molecular flexibility index (Phi) is 5.92. The third-order valence-corrected chi connectivity index (χ3v) is 6.35. The fourth-order valence-electron chi connectivity index (χ4n) is 4.39. The first-order chi connectivity index (χ1) is 17.0. The van der Waals surface area contributed by atoms with Gasteiger partial charge in [-0.2, -0.15) is 10.1 Å². The molecule has 3 aromatic carbocycles. The van der Waals surface area contributed by atoms with E-state index < -0.39 is 16.9 Å². The fraction of sp³-hybridized carbons (Fsp3) is 0.160. The number of carbonyl (C=O) groups excluding carboxylic acids is 1. The number of hydrogen-bond donors (Lipinski definition) is 0. The van der Waals surface area contributed by atoms with Crippen LogP contribution in [0.4, 0.5) is 11.6 Å². The Balaban J connectivity index is 1.63. The summed E-state index contributed by atoms with van der Waals surface area (Å²) in [7, 11) is 1.61. The van der Waals surface area contributed by atoms with Crippen molar-refractivity contribution in [1.29, 1.82) is 0 Å². The molecule has 1 aromatic heterocycles. The van der Waals surface area contributed by atoms with Gasteiger partial charge in [-0.25, -0.2) is 4.68 Å². The van der Waals surface area contributed by atoms with E-state index in [1.165, 1.54) is 24.5 Å². The lowest BCUT2D eigenvalue weighted by Gasteiger charge is -2.39. The highest BCUT2D eigenvalue weighted by molar-refractivity contribution is 6.30. The van der Waals surface area contributed by atoms with Gasteiger partial charge in [-0.3, -0.25) is 19.8 Å². The van der Waals surface area contributed by atoms with Gasteiger partial charge >= 0.3 is 0 Å². The summed E-state index contributed by atoms with van der Waals surface area (Å²) in [4.78, 5) is 30.5. The maximum Gasteiger partial charge on any atom is 0.270 e. The molecule has 9 nitrogen and oxygen atoms in total. The van der Waals surface area contributed by atoms with Crippen molar-refractivity contribution in [3.05, 3.63) is 111 Å². The normalized spacial score (nSPS) is 17.0. The van der Waals surface area contributed by atoms with Crippen LogP contribution in [0.5, 0.6) is 5.75 Å². The molecule has 0 radical (unpaired) electrons. The second-order valence-electron chi connectivity index (χ2n) is 8.08. The summed E-state index contributed by atoms with van der Waals surface area (Å²) < 4.78 is 7.00. The molecule has 176 valence electrons. The van der Waals surface area contributed by atoms with Crippen LogP contribution in [0.2, 0.25) is 5.02 Å². The molecule has 35 heavy (non-hydrogen) atoms. The van der Waals surface area contributed by atoms with E-state index in [0.717, 1.165) is 16.9 Å². The molecular formula is C25H20ClN5O4. The maximum absolute atomic E-state index is 13.8. The van der Waals surface area contributed by atoms with Crippen molar-refractivity contribution in [3.63, 3.8) is 0 Å². The van der Waals surface area contributed by atoms with E-state index in [-0.39, 0.29) is 17.3 Å². The lowest BCUT2D eigenvalue weighted by Crippen LogP contribution is -2.42. The van der Waals surface area contributed by atoms with E-state index in [4.69, 9.17) is 16.3 Å². The zero-order valence-electron chi connectivity index (χ0n) is 18.6. The number of nitrogens with zero attached hydrogens (tertiary/aromatic N) is 5. The summed E-state index contributed by atoms with van der Waals surface area (Å²) in [5, 5.41) is 16.3. The number of hydrogen-bond acceptors (Lipinski definition) is 6. The number of carbonyl (C=O) groups is 1. The molecule has 0 unspecified atom stereocenters. The number of amides is 1. The number of halogens is 1. The summed E-state index contributed by atoms with van der Waals surface area (Å²) in [6.45, 7) is 0. The molecule has 0 saturated heterocycles. The Labute approximate surface area is 205 Å². The lowest BCUT2D eigenvalue weighted by atomic mass is 9.91. The number of nitro groups is 1. The zero-order valence-corrected chi connectivity index (χ0v) is 19.4. The second kappa shape index (κ2) is 9.19. The van der Waals surface area contributed by atoms with Crippen molar-refractivity contribution in [2.75, 3.05) is 12.0 Å². The van der Waals surface area contributed by atoms with E-state index >= 15 is 0 Å². The fourth-order valence-corrected chi connectivity index (χ4v) is 4.52. The predicted octanol–water partition coefficient (Wildman–Crippen LogP) is 5.23. The van der Waals surface area contributed by atoms with Crippen molar-refractivity contribution < 1.29 is 14.5 Å². The average molecular weight is 490 g/mol. The second-order valence-corrected chi connectivity index (χ2v) is 8.52. The predicted molar refractivity (Wildman–Crippen MR) is 130 cm³/mol. The molecule has 0 bridgehead atoms. The smallest absolute Gasteiger partial charge is 0.270 e. The highest BCUT2D eigenvalue weighted by atomic mass is 35.5. The summed E-state index contributed by atoms with van der Waals surface area (Å²) in [5.41, 5.74) is 1.88. The molecule has 5 rings (SSSR count). The van der Waals surface area contributed by atoms with Crippen molar-refractivity contribution in [2.24, 2.45) is 0 Å². The average Bonchev–Trinajstić information content (AvgIpc) is 3.38. The van der Waals surface area contributed by atoms with Crippen LogP contribution in [0.25, 0.3) is 0 Å². The van der Waals surface area contributed by atoms with E-state index in [0.29, 0.717) is 17.4 Å². The van der Waals surface area contributed by atoms with Gasteiger partial charge in [0.1, 0.15) is 12.1 Å². The molecular weight excluding hydrogens is 470 g/mol. The van der Waals surface area contributed by atoms with E-state index in [2.05, 4.69) is 10.1 Å². The molecule has 1 aliphatic rings. The summed E-state index contributed by atoms with van der Waals surface area (Å²) in [6.07, 6.45) is 1.91. The third kappa shape index (κ3) is 4.22. The van der Waals surface area contributed by atoms with E-state index in [9.17, 15) is 14.9 Å². The topological polar surface area (TPSA) is 103 Å². The van der Waals surface area contributed by atoms with Gasteiger partial charge in [0.2, 0.25) is 5.95 Å². The molecule has 4 aromatic rings. The molecule has 0 fully saturated rings. The van der Waals surface area contributed by atoms with Crippen LogP contribution in [0.1, 0.15) is 40.0 Å². The van der Waals surface area contributed by atoms with Crippen LogP contribution < -0.4 is 9.64 Å². The van der Waals surface area contributed by atoms with Crippen molar-refractivity contribution in [2.45, 2.75) is 18.5 Å². The van der Waals surface area contributed by atoms with Crippen LogP contribution in [0, 0.1) is 10.1 Å². The van der Waals surface area contributed by atoms with Gasteiger partial charge in [0.15, 0.2) is 0 Å². The van der Waals surface area contributed by atoms with Crippen molar-refractivity contribution in [3.8, 4) is 5.75 Å². The van der Waals surface area contributed by atoms with Crippen LogP contribution in [0.3, 0.4) is 0 Å². The van der Waals surface area contributed by atoms with Crippen LogP contribution in [-0.2, 0) is 0 Å². The largest absolute Gasteiger partial charge is 0.497 e. The molecule has 2 atom stereocenters. The highest BCUT2D eigenvalue weighted by Gasteiger charge is 2.40. The van der Waals surface area contributed by atoms with Gasteiger partial charge in [0.25, 0.3) is 11.6 Å². The van der Waals surface area contributed by atoms with E-state index in [1.54, 1.807) is 34.9 Å². The van der Waals surface area contributed by atoms with Gasteiger partial charge in [-0.05, 0) is 47.9 Å². The number of nitro benzene ring substituents is 1.